The quantitative estimate of drug-likeness (QED) is 0.603. The monoisotopic (exact) mass is 362 g/mol. The molecule has 1 unspecified atom stereocenters. The van der Waals surface area contributed by atoms with Gasteiger partial charge in [0.25, 0.3) is 0 Å². The standard InChI is InChI=1S/C24H28NO2/c1-25(2,17-20-9-5-3-6-10-20)18-23(26)19-27-24-15-13-22(14-16-24)21-11-7-4-8-12-21/h3-16,23,26H,17-19H2,1-2H3/q+1. The highest BCUT2D eigenvalue weighted by Gasteiger charge is 2.21. The Morgan fingerprint density at radius 3 is 1.96 bits per heavy atom. The van der Waals surface area contributed by atoms with Crippen molar-refractivity contribution in [3.63, 3.8) is 0 Å². The second-order valence-corrected chi connectivity index (χ2v) is 7.62. The summed E-state index contributed by atoms with van der Waals surface area (Å²) in [7, 11) is 4.26. The van der Waals surface area contributed by atoms with Gasteiger partial charge in [0.1, 0.15) is 31.5 Å². The first-order valence-corrected chi connectivity index (χ1v) is 9.34. The maximum atomic E-state index is 10.4. The summed E-state index contributed by atoms with van der Waals surface area (Å²) in [6.07, 6.45) is -0.516. The smallest absolute Gasteiger partial charge is 0.137 e. The number of ether oxygens (including phenoxy) is 1. The van der Waals surface area contributed by atoms with Crippen LogP contribution < -0.4 is 4.74 Å². The van der Waals surface area contributed by atoms with Crippen molar-refractivity contribution in [2.24, 2.45) is 0 Å². The summed E-state index contributed by atoms with van der Waals surface area (Å²) < 4.78 is 6.50. The Balaban J connectivity index is 1.50. The molecule has 1 N–H and O–H groups in total. The van der Waals surface area contributed by atoms with Crippen molar-refractivity contribution in [1.29, 1.82) is 0 Å². The van der Waals surface area contributed by atoms with Gasteiger partial charge in [-0.05, 0) is 23.3 Å². The van der Waals surface area contributed by atoms with Crippen LogP contribution in [0.25, 0.3) is 11.1 Å². The Morgan fingerprint density at radius 1 is 0.778 bits per heavy atom. The van der Waals surface area contributed by atoms with E-state index in [9.17, 15) is 5.11 Å². The molecule has 0 amide bonds. The summed E-state index contributed by atoms with van der Waals surface area (Å²) in [4.78, 5) is 0. The van der Waals surface area contributed by atoms with Gasteiger partial charge in [-0.15, -0.1) is 0 Å². The molecule has 3 heteroatoms. The highest BCUT2D eigenvalue weighted by molar-refractivity contribution is 5.63. The van der Waals surface area contributed by atoms with Crippen LogP contribution in [0.4, 0.5) is 0 Å². The van der Waals surface area contributed by atoms with Crippen LogP contribution in [0.2, 0.25) is 0 Å². The molecule has 0 saturated heterocycles. The molecule has 0 bridgehead atoms. The number of likely N-dealkylation sites (N-methyl/N-ethyl adjacent to an activating group) is 1. The van der Waals surface area contributed by atoms with Crippen molar-refractivity contribution in [3.8, 4) is 16.9 Å². The first-order chi connectivity index (χ1) is 13.0. The molecule has 3 rings (SSSR count). The van der Waals surface area contributed by atoms with Crippen LogP contribution in [0.15, 0.2) is 84.9 Å². The van der Waals surface area contributed by atoms with E-state index in [4.69, 9.17) is 4.74 Å². The molecule has 3 aromatic carbocycles. The lowest BCUT2D eigenvalue weighted by Crippen LogP contribution is -2.46. The van der Waals surface area contributed by atoms with Crippen LogP contribution in [0.1, 0.15) is 5.56 Å². The third-order valence-corrected chi connectivity index (χ3v) is 4.56. The molecule has 0 saturated carbocycles. The van der Waals surface area contributed by atoms with Gasteiger partial charge in [-0.25, -0.2) is 0 Å². The SMILES string of the molecule is C[N+](C)(Cc1ccccc1)CC(O)COc1ccc(-c2ccccc2)cc1. The Kier molecular flexibility index (Phi) is 6.28. The number of aliphatic hydroxyl groups excluding tert-OH is 1. The van der Waals surface area contributed by atoms with Crippen molar-refractivity contribution in [3.05, 3.63) is 90.5 Å². The van der Waals surface area contributed by atoms with E-state index in [1.165, 1.54) is 11.1 Å². The fourth-order valence-electron chi connectivity index (χ4n) is 3.33. The topological polar surface area (TPSA) is 29.5 Å². The lowest BCUT2D eigenvalue weighted by Gasteiger charge is -2.32. The zero-order valence-electron chi connectivity index (χ0n) is 16.1. The highest BCUT2D eigenvalue weighted by atomic mass is 16.5. The van der Waals surface area contributed by atoms with Crippen molar-refractivity contribution in [1.82, 2.24) is 0 Å². The molecule has 140 valence electrons. The van der Waals surface area contributed by atoms with Crippen LogP contribution in [-0.2, 0) is 6.54 Å². The number of nitrogens with zero attached hydrogens (tertiary/aromatic N) is 1. The second-order valence-electron chi connectivity index (χ2n) is 7.62. The zero-order valence-corrected chi connectivity index (χ0v) is 16.1. The van der Waals surface area contributed by atoms with Crippen molar-refractivity contribution < 1.29 is 14.3 Å². The molecule has 0 aliphatic rings. The first kappa shape index (κ1) is 19.2. The second kappa shape index (κ2) is 8.85. The Labute approximate surface area is 162 Å². The normalized spacial score (nSPS) is 12.6. The van der Waals surface area contributed by atoms with E-state index in [0.717, 1.165) is 17.9 Å². The van der Waals surface area contributed by atoms with E-state index in [2.05, 4.69) is 38.4 Å². The lowest BCUT2D eigenvalue weighted by atomic mass is 10.1. The number of hydrogen-bond acceptors (Lipinski definition) is 2. The molecule has 1 atom stereocenters. The molecule has 27 heavy (non-hydrogen) atoms. The van der Waals surface area contributed by atoms with Gasteiger partial charge < -0.3 is 14.3 Å². The number of rotatable bonds is 8. The fourth-order valence-corrected chi connectivity index (χ4v) is 3.33. The molecular weight excluding hydrogens is 334 g/mol. The number of hydrogen-bond donors (Lipinski definition) is 1. The molecule has 3 aromatic rings. The average Bonchev–Trinajstić information content (AvgIpc) is 2.67. The first-order valence-electron chi connectivity index (χ1n) is 9.34. The molecule has 0 aliphatic heterocycles. The van der Waals surface area contributed by atoms with Crippen LogP contribution in [0, 0.1) is 0 Å². The molecule has 3 nitrogen and oxygen atoms in total. The van der Waals surface area contributed by atoms with Gasteiger partial charge in [0.2, 0.25) is 0 Å². The van der Waals surface area contributed by atoms with E-state index in [1.54, 1.807) is 0 Å². The molecule has 0 aliphatic carbocycles. The van der Waals surface area contributed by atoms with E-state index in [-0.39, 0.29) is 0 Å². The average molecular weight is 362 g/mol. The maximum absolute atomic E-state index is 10.4. The highest BCUT2D eigenvalue weighted by Crippen LogP contribution is 2.22. The summed E-state index contributed by atoms with van der Waals surface area (Å²) in [5, 5.41) is 10.4. The van der Waals surface area contributed by atoms with Crippen LogP contribution in [0.5, 0.6) is 5.75 Å². The van der Waals surface area contributed by atoms with E-state index in [1.807, 2.05) is 60.7 Å². The van der Waals surface area contributed by atoms with Crippen LogP contribution in [0.3, 0.4) is 0 Å². The zero-order chi connectivity index (χ0) is 19.1. The van der Waals surface area contributed by atoms with Crippen LogP contribution in [-0.4, -0.2) is 42.9 Å². The Morgan fingerprint density at radius 2 is 1.33 bits per heavy atom. The number of quaternary nitrogens is 1. The van der Waals surface area contributed by atoms with Crippen molar-refractivity contribution >= 4 is 0 Å². The summed E-state index contributed by atoms with van der Waals surface area (Å²) in [5.41, 5.74) is 3.61. The summed E-state index contributed by atoms with van der Waals surface area (Å²) >= 11 is 0. The third kappa shape index (κ3) is 5.95. The third-order valence-electron chi connectivity index (χ3n) is 4.56. The van der Waals surface area contributed by atoms with Crippen molar-refractivity contribution in [2.45, 2.75) is 12.6 Å². The van der Waals surface area contributed by atoms with Gasteiger partial charge >= 0.3 is 0 Å². The van der Waals surface area contributed by atoms with Gasteiger partial charge in [0, 0.05) is 5.56 Å². The molecular formula is C24H28NO2+. The largest absolute Gasteiger partial charge is 0.491 e. The predicted molar refractivity (Wildman–Crippen MR) is 111 cm³/mol. The van der Waals surface area contributed by atoms with E-state index >= 15 is 0 Å². The number of benzene rings is 3. The van der Waals surface area contributed by atoms with Gasteiger partial charge in [0.15, 0.2) is 0 Å². The summed E-state index contributed by atoms with van der Waals surface area (Å²) in [6.45, 7) is 1.81. The Hall–Kier alpha value is -2.62. The maximum Gasteiger partial charge on any atom is 0.137 e. The molecule has 0 aromatic heterocycles. The van der Waals surface area contributed by atoms with E-state index < -0.39 is 6.10 Å². The van der Waals surface area contributed by atoms with Gasteiger partial charge in [-0.2, -0.15) is 0 Å². The number of aliphatic hydroxyl groups is 1. The fraction of sp³-hybridized carbons (Fsp3) is 0.250. The summed E-state index contributed by atoms with van der Waals surface area (Å²) in [6, 6.07) is 28.6. The Bertz CT molecular complexity index is 814. The molecule has 0 radical (unpaired) electrons. The molecule has 0 spiro atoms. The summed E-state index contributed by atoms with van der Waals surface area (Å²) in [5.74, 6) is 0.780. The predicted octanol–water partition coefficient (Wildman–Crippen LogP) is 4.37. The lowest BCUT2D eigenvalue weighted by molar-refractivity contribution is -0.906. The van der Waals surface area contributed by atoms with Gasteiger partial charge in [-0.1, -0.05) is 72.8 Å². The van der Waals surface area contributed by atoms with E-state index in [0.29, 0.717) is 17.6 Å². The minimum absolute atomic E-state index is 0.293. The van der Waals surface area contributed by atoms with Crippen LogP contribution >= 0.6 is 0 Å². The van der Waals surface area contributed by atoms with Crippen molar-refractivity contribution in [2.75, 3.05) is 27.2 Å². The molecule has 0 fully saturated rings. The minimum Gasteiger partial charge on any atom is -0.491 e. The van der Waals surface area contributed by atoms with Gasteiger partial charge in [0.05, 0.1) is 14.1 Å². The molecule has 0 heterocycles. The minimum atomic E-state index is -0.516. The van der Waals surface area contributed by atoms with Gasteiger partial charge in [-0.3, -0.25) is 0 Å².